The van der Waals surface area contributed by atoms with Crippen LogP contribution < -0.4 is 5.32 Å². The Labute approximate surface area is 115 Å². The Kier molecular flexibility index (Phi) is 3.67. The minimum atomic E-state index is 0.578. The summed E-state index contributed by atoms with van der Waals surface area (Å²) in [7, 11) is 0. The van der Waals surface area contributed by atoms with Gasteiger partial charge in [-0.25, -0.2) is 0 Å². The van der Waals surface area contributed by atoms with Crippen molar-refractivity contribution in [2.45, 2.75) is 44.4 Å². The fourth-order valence-electron chi connectivity index (χ4n) is 3.11. The number of benzene rings is 1. The van der Waals surface area contributed by atoms with Crippen molar-refractivity contribution in [3.8, 4) is 0 Å². The first kappa shape index (κ1) is 12.6. The van der Waals surface area contributed by atoms with Gasteiger partial charge in [0, 0.05) is 24.1 Å². The second kappa shape index (κ2) is 5.26. The molecule has 3 rings (SSSR count). The van der Waals surface area contributed by atoms with E-state index in [2.05, 4.69) is 48.3 Å². The highest BCUT2D eigenvalue weighted by Crippen LogP contribution is 2.49. The van der Waals surface area contributed by atoms with E-state index >= 15 is 0 Å². The molecule has 0 spiro atoms. The monoisotopic (exact) mass is 261 g/mol. The molecule has 1 nitrogen and oxygen atoms in total. The predicted octanol–water partition coefficient (Wildman–Crippen LogP) is 4.14. The van der Waals surface area contributed by atoms with Crippen LogP contribution in [0.4, 0.5) is 0 Å². The van der Waals surface area contributed by atoms with Crippen molar-refractivity contribution in [1.82, 2.24) is 5.32 Å². The van der Waals surface area contributed by atoms with E-state index in [1.165, 1.54) is 49.3 Å². The van der Waals surface area contributed by atoms with E-state index in [0.29, 0.717) is 11.5 Å². The zero-order chi connectivity index (χ0) is 12.4. The lowest BCUT2D eigenvalue weighted by Gasteiger charge is -2.28. The van der Waals surface area contributed by atoms with Crippen molar-refractivity contribution >= 4 is 11.8 Å². The third-order valence-electron chi connectivity index (χ3n) is 4.43. The van der Waals surface area contributed by atoms with Crippen LogP contribution in [0.3, 0.4) is 0 Å². The van der Waals surface area contributed by atoms with Gasteiger partial charge in [0.2, 0.25) is 0 Å². The van der Waals surface area contributed by atoms with Gasteiger partial charge >= 0.3 is 0 Å². The van der Waals surface area contributed by atoms with Crippen LogP contribution in [0.5, 0.6) is 0 Å². The number of nitrogens with one attached hydrogen (secondary N) is 1. The number of thioether (sulfide) groups is 1. The van der Waals surface area contributed by atoms with Gasteiger partial charge < -0.3 is 5.32 Å². The van der Waals surface area contributed by atoms with E-state index in [4.69, 9.17) is 0 Å². The molecule has 0 radical (unpaired) electrons. The standard InChI is InChI=1S/C16H23NS/c1-2-7-16(8-9-16)12-17-15-11-18-10-13-5-3-4-6-14(13)15/h3-6,15,17H,2,7-12H2,1H3. The molecule has 18 heavy (non-hydrogen) atoms. The molecule has 0 bridgehead atoms. The smallest absolute Gasteiger partial charge is 0.0415 e. The summed E-state index contributed by atoms with van der Waals surface area (Å²) in [6, 6.07) is 9.53. The van der Waals surface area contributed by atoms with Gasteiger partial charge in [-0.05, 0) is 35.8 Å². The highest BCUT2D eigenvalue weighted by atomic mass is 32.2. The van der Waals surface area contributed by atoms with Gasteiger partial charge in [0.25, 0.3) is 0 Å². The van der Waals surface area contributed by atoms with Crippen LogP contribution in [0, 0.1) is 5.41 Å². The zero-order valence-corrected chi connectivity index (χ0v) is 12.1. The molecule has 1 atom stereocenters. The molecule has 1 heterocycles. The third kappa shape index (κ3) is 2.60. The van der Waals surface area contributed by atoms with Gasteiger partial charge in [-0.2, -0.15) is 11.8 Å². The van der Waals surface area contributed by atoms with E-state index in [9.17, 15) is 0 Å². The summed E-state index contributed by atoms with van der Waals surface area (Å²) in [4.78, 5) is 0. The molecule has 1 fully saturated rings. The first-order valence-corrected chi connectivity index (χ1v) is 8.37. The molecule has 1 unspecified atom stereocenters. The number of rotatable bonds is 5. The molecular formula is C16H23NS. The van der Waals surface area contributed by atoms with Crippen LogP contribution in [-0.2, 0) is 5.75 Å². The van der Waals surface area contributed by atoms with E-state index in [0.717, 1.165) is 0 Å². The Morgan fingerprint density at radius 1 is 1.33 bits per heavy atom. The van der Waals surface area contributed by atoms with Gasteiger partial charge in [0.15, 0.2) is 0 Å². The minimum absolute atomic E-state index is 0.578. The average Bonchev–Trinajstić information content (AvgIpc) is 3.17. The Balaban J connectivity index is 1.64. The lowest BCUT2D eigenvalue weighted by Crippen LogP contribution is -2.31. The van der Waals surface area contributed by atoms with Crippen molar-refractivity contribution in [2.24, 2.45) is 5.41 Å². The quantitative estimate of drug-likeness (QED) is 0.854. The van der Waals surface area contributed by atoms with Crippen LogP contribution >= 0.6 is 11.8 Å². The van der Waals surface area contributed by atoms with Crippen LogP contribution in [0.1, 0.15) is 49.8 Å². The molecule has 0 amide bonds. The van der Waals surface area contributed by atoms with E-state index in [1.807, 2.05) is 0 Å². The Morgan fingerprint density at radius 2 is 2.17 bits per heavy atom. The normalized spacial score (nSPS) is 24.6. The highest BCUT2D eigenvalue weighted by Gasteiger charge is 2.41. The van der Waals surface area contributed by atoms with E-state index < -0.39 is 0 Å². The fraction of sp³-hybridized carbons (Fsp3) is 0.625. The highest BCUT2D eigenvalue weighted by molar-refractivity contribution is 7.98. The average molecular weight is 261 g/mol. The summed E-state index contributed by atoms with van der Waals surface area (Å²) in [6.45, 7) is 3.53. The van der Waals surface area contributed by atoms with Crippen molar-refractivity contribution in [1.29, 1.82) is 0 Å². The van der Waals surface area contributed by atoms with Crippen molar-refractivity contribution in [3.63, 3.8) is 0 Å². The molecule has 1 N–H and O–H groups in total. The molecule has 2 heteroatoms. The lowest BCUT2D eigenvalue weighted by molar-refractivity contribution is 0.398. The largest absolute Gasteiger partial charge is 0.309 e. The fourth-order valence-corrected chi connectivity index (χ4v) is 4.25. The van der Waals surface area contributed by atoms with Gasteiger partial charge in [-0.3, -0.25) is 0 Å². The summed E-state index contributed by atoms with van der Waals surface area (Å²) in [5.41, 5.74) is 3.74. The number of hydrogen-bond donors (Lipinski definition) is 1. The Hall–Kier alpha value is -0.470. The zero-order valence-electron chi connectivity index (χ0n) is 11.2. The Bertz CT molecular complexity index is 411. The summed E-state index contributed by atoms with van der Waals surface area (Å²) >= 11 is 2.07. The van der Waals surface area contributed by atoms with Crippen molar-refractivity contribution in [3.05, 3.63) is 35.4 Å². The topological polar surface area (TPSA) is 12.0 Å². The molecular weight excluding hydrogens is 238 g/mol. The minimum Gasteiger partial charge on any atom is -0.309 e. The maximum absolute atomic E-state index is 3.84. The van der Waals surface area contributed by atoms with Gasteiger partial charge in [-0.1, -0.05) is 37.6 Å². The van der Waals surface area contributed by atoms with Gasteiger partial charge in [0.1, 0.15) is 0 Å². The summed E-state index contributed by atoms with van der Waals surface area (Å²) in [5, 5.41) is 3.84. The summed E-state index contributed by atoms with van der Waals surface area (Å²) in [5.74, 6) is 2.42. The molecule has 98 valence electrons. The summed E-state index contributed by atoms with van der Waals surface area (Å²) in [6.07, 6.45) is 5.61. The lowest BCUT2D eigenvalue weighted by atomic mass is 9.98. The number of hydrogen-bond acceptors (Lipinski definition) is 2. The van der Waals surface area contributed by atoms with Gasteiger partial charge in [0.05, 0.1) is 0 Å². The maximum Gasteiger partial charge on any atom is 0.0415 e. The van der Waals surface area contributed by atoms with Crippen molar-refractivity contribution in [2.75, 3.05) is 12.3 Å². The van der Waals surface area contributed by atoms with Crippen molar-refractivity contribution < 1.29 is 0 Å². The molecule has 1 saturated carbocycles. The molecule has 1 aliphatic carbocycles. The Morgan fingerprint density at radius 3 is 2.94 bits per heavy atom. The second-order valence-electron chi connectivity index (χ2n) is 5.90. The van der Waals surface area contributed by atoms with Crippen LogP contribution in [0.25, 0.3) is 0 Å². The summed E-state index contributed by atoms with van der Waals surface area (Å²) < 4.78 is 0. The van der Waals surface area contributed by atoms with Crippen LogP contribution in [0.2, 0.25) is 0 Å². The molecule has 2 aliphatic rings. The molecule has 0 aromatic heterocycles. The molecule has 0 saturated heterocycles. The van der Waals surface area contributed by atoms with Crippen LogP contribution in [-0.4, -0.2) is 12.3 Å². The number of fused-ring (bicyclic) bond motifs is 1. The van der Waals surface area contributed by atoms with E-state index in [1.54, 1.807) is 5.56 Å². The predicted molar refractivity (Wildman–Crippen MR) is 79.9 cm³/mol. The molecule has 1 aromatic carbocycles. The van der Waals surface area contributed by atoms with Gasteiger partial charge in [-0.15, -0.1) is 0 Å². The molecule has 1 aliphatic heterocycles. The molecule has 1 aromatic rings. The second-order valence-corrected chi connectivity index (χ2v) is 6.93. The van der Waals surface area contributed by atoms with Crippen LogP contribution in [0.15, 0.2) is 24.3 Å². The third-order valence-corrected chi connectivity index (χ3v) is 5.52. The first-order valence-electron chi connectivity index (χ1n) is 7.22. The van der Waals surface area contributed by atoms with E-state index in [-0.39, 0.29) is 0 Å². The SMILES string of the molecule is CCCC1(CNC2CSCc3ccccc32)CC1. The first-order chi connectivity index (χ1) is 8.83. The maximum atomic E-state index is 3.84.